The minimum atomic E-state index is -0.805. The van der Waals surface area contributed by atoms with Gasteiger partial charge in [-0.1, -0.05) is 43.8 Å². The maximum absolute atomic E-state index is 11.2. The van der Waals surface area contributed by atoms with Crippen LogP contribution in [0.25, 0.3) is 0 Å². The van der Waals surface area contributed by atoms with Crippen molar-refractivity contribution in [2.24, 2.45) is 5.92 Å². The summed E-state index contributed by atoms with van der Waals surface area (Å²) in [5, 5.41) is 11.5. The van der Waals surface area contributed by atoms with Gasteiger partial charge >= 0.3 is 12.1 Å². The van der Waals surface area contributed by atoms with Crippen LogP contribution in [0.5, 0.6) is 0 Å². The summed E-state index contributed by atoms with van der Waals surface area (Å²) in [7, 11) is 0. The molecule has 1 amide bonds. The van der Waals surface area contributed by atoms with Gasteiger partial charge in [0.1, 0.15) is 6.61 Å². The summed E-state index contributed by atoms with van der Waals surface area (Å²) < 4.78 is 4.78. The highest BCUT2D eigenvalue weighted by atomic mass is 16.5. The van der Waals surface area contributed by atoms with Gasteiger partial charge in [0.05, 0.1) is 5.92 Å². The van der Waals surface area contributed by atoms with Crippen LogP contribution in [-0.4, -0.2) is 23.8 Å². The molecular weight excluding hydrogens is 258 g/mol. The van der Waals surface area contributed by atoms with Crippen LogP contribution in [0.3, 0.4) is 0 Å². The Bertz CT molecular complexity index is 467. The fourth-order valence-electron chi connectivity index (χ4n) is 1.59. The molecule has 0 aromatic heterocycles. The molecule has 0 saturated heterocycles. The van der Waals surface area contributed by atoms with Crippen LogP contribution in [-0.2, 0) is 22.5 Å². The van der Waals surface area contributed by atoms with Gasteiger partial charge in [0.15, 0.2) is 0 Å². The van der Waals surface area contributed by atoms with Crippen molar-refractivity contribution in [3.63, 3.8) is 0 Å². The molecule has 0 spiro atoms. The van der Waals surface area contributed by atoms with E-state index >= 15 is 0 Å². The van der Waals surface area contributed by atoms with Crippen molar-refractivity contribution >= 4 is 12.1 Å². The van der Waals surface area contributed by atoms with Gasteiger partial charge < -0.3 is 15.2 Å². The quantitative estimate of drug-likeness (QED) is 0.750. The van der Waals surface area contributed by atoms with E-state index in [1.807, 2.05) is 24.3 Å². The number of hydrogen-bond donors (Lipinski definition) is 2. The van der Waals surface area contributed by atoms with Crippen molar-refractivity contribution in [3.8, 4) is 0 Å². The van der Waals surface area contributed by atoms with E-state index in [-0.39, 0.29) is 6.61 Å². The molecular formula is C15H19NO4. The fourth-order valence-corrected chi connectivity index (χ4v) is 1.59. The van der Waals surface area contributed by atoms with E-state index in [0.29, 0.717) is 13.0 Å². The first-order valence-electron chi connectivity index (χ1n) is 6.35. The molecule has 1 unspecified atom stereocenters. The number of hydrogen-bond acceptors (Lipinski definition) is 3. The molecule has 1 atom stereocenters. The molecule has 0 fully saturated rings. The van der Waals surface area contributed by atoms with Crippen molar-refractivity contribution in [3.05, 3.63) is 48.0 Å². The summed E-state index contributed by atoms with van der Waals surface area (Å²) in [4.78, 5) is 22.0. The first-order chi connectivity index (χ1) is 9.52. The molecule has 5 nitrogen and oxygen atoms in total. The van der Waals surface area contributed by atoms with Crippen LogP contribution in [0.4, 0.5) is 4.79 Å². The molecule has 20 heavy (non-hydrogen) atoms. The third-order valence-electron chi connectivity index (χ3n) is 2.76. The number of amides is 1. The minimum absolute atomic E-state index is 0.178. The highest BCUT2D eigenvalue weighted by molar-refractivity contribution is 5.70. The second kappa shape index (κ2) is 7.99. The molecule has 0 saturated carbocycles. The Labute approximate surface area is 118 Å². The lowest BCUT2D eigenvalue weighted by Crippen LogP contribution is -2.23. The molecule has 1 aromatic rings. The van der Waals surface area contributed by atoms with Gasteiger partial charge in [-0.2, -0.15) is 0 Å². The van der Waals surface area contributed by atoms with E-state index in [1.54, 1.807) is 6.92 Å². The Morgan fingerprint density at radius 1 is 1.35 bits per heavy atom. The largest absolute Gasteiger partial charge is 0.481 e. The number of nitrogens with one attached hydrogen (secondary N) is 1. The van der Waals surface area contributed by atoms with E-state index in [2.05, 4.69) is 11.9 Å². The van der Waals surface area contributed by atoms with Crippen LogP contribution in [0, 0.1) is 5.92 Å². The first kappa shape index (κ1) is 15.8. The molecule has 0 radical (unpaired) electrons. The average molecular weight is 277 g/mol. The normalized spacial score (nSPS) is 11.4. The Morgan fingerprint density at radius 2 is 1.95 bits per heavy atom. The Balaban J connectivity index is 2.44. The SMILES string of the molecule is C=CCOC(=O)NCc1ccc(CC(C)C(=O)O)cc1. The third kappa shape index (κ3) is 5.56. The second-order valence-electron chi connectivity index (χ2n) is 4.50. The van der Waals surface area contributed by atoms with Gasteiger partial charge in [-0.25, -0.2) is 4.79 Å². The lowest BCUT2D eigenvalue weighted by molar-refractivity contribution is -0.141. The number of carbonyl (C=O) groups is 2. The summed E-state index contributed by atoms with van der Waals surface area (Å²) in [6, 6.07) is 7.45. The lowest BCUT2D eigenvalue weighted by atomic mass is 10.0. The number of carboxylic acids is 1. The predicted octanol–water partition coefficient (Wildman–Crippen LogP) is 2.36. The number of ether oxygens (including phenoxy) is 1. The van der Waals surface area contributed by atoms with Gasteiger partial charge in [-0.05, 0) is 17.5 Å². The maximum Gasteiger partial charge on any atom is 0.407 e. The van der Waals surface area contributed by atoms with Crippen molar-refractivity contribution in [2.75, 3.05) is 6.61 Å². The number of aliphatic carboxylic acids is 1. The van der Waals surface area contributed by atoms with Crippen molar-refractivity contribution in [2.45, 2.75) is 19.9 Å². The molecule has 0 heterocycles. The fraction of sp³-hybridized carbons (Fsp3) is 0.333. The molecule has 1 rings (SSSR count). The van der Waals surface area contributed by atoms with Crippen LogP contribution in [0.2, 0.25) is 0 Å². The third-order valence-corrected chi connectivity index (χ3v) is 2.76. The zero-order valence-corrected chi connectivity index (χ0v) is 11.5. The van der Waals surface area contributed by atoms with Crippen LogP contribution >= 0.6 is 0 Å². The van der Waals surface area contributed by atoms with Gasteiger partial charge in [0.25, 0.3) is 0 Å². The summed E-state index contributed by atoms with van der Waals surface area (Å²) in [5.74, 6) is -1.21. The van der Waals surface area contributed by atoms with Gasteiger partial charge in [0.2, 0.25) is 0 Å². The number of carbonyl (C=O) groups excluding carboxylic acids is 1. The van der Waals surface area contributed by atoms with Gasteiger partial charge in [0, 0.05) is 6.54 Å². The maximum atomic E-state index is 11.2. The standard InChI is InChI=1S/C15H19NO4/c1-3-8-20-15(19)16-10-13-6-4-12(5-7-13)9-11(2)14(17)18/h3-7,11H,1,8-10H2,2H3,(H,16,19)(H,17,18). The monoisotopic (exact) mass is 277 g/mol. The van der Waals surface area contributed by atoms with Gasteiger partial charge in [-0.3, -0.25) is 4.79 Å². The topological polar surface area (TPSA) is 75.6 Å². The van der Waals surface area contributed by atoms with Crippen molar-refractivity contribution in [1.29, 1.82) is 0 Å². The van der Waals surface area contributed by atoms with E-state index in [9.17, 15) is 9.59 Å². The zero-order chi connectivity index (χ0) is 15.0. The van der Waals surface area contributed by atoms with Crippen molar-refractivity contribution in [1.82, 2.24) is 5.32 Å². The molecule has 1 aromatic carbocycles. The average Bonchev–Trinajstić information content (AvgIpc) is 2.44. The zero-order valence-electron chi connectivity index (χ0n) is 11.5. The minimum Gasteiger partial charge on any atom is -0.481 e. The summed E-state index contributed by atoms with van der Waals surface area (Å²) in [5.41, 5.74) is 1.88. The van der Waals surface area contributed by atoms with E-state index in [1.165, 1.54) is 6.08 Å². The van der Waals surface area contributed by atoms with Gasteiger partial charge in [-0.15, -0.1) is 0 Å². The molecule has 0 aliphatic rings. The number of alkyl carbamates (subject to hydrolysis) is 1. The number of rotatable bonds is 7. The van der Waals surface area contributed by atoms with Crippen molar-refractivity contribution < 1.29 is 19.4 Å². The molecule has 108 valence electrons. The Hall–Kier alpha value is -2.30. The highest BCUT2D eigenvalue weighted by Gasteiger charge is 2.11. The predicted molar refractivity (Wildman–Crippen MR) is 75.3 cm³/mol. The molecule has 0 aliphatic heterocycles. The Morgan fingerprint density at radius 3 is 2.50 bits per heavy atom. The van der Waals surface area contributed by atoms with Crippen LogP contribution < -0.4 is 5.32 Å². The summed E-state index contributed by atoms with van der Waals surface area (Å²) in [6.45, 7) is 5.67. The molecule has 0 bridgehead atoms. The van der Waals surface area contributed by atoms with E-state index in [0.717, 1.165) is 11.1 Å². The molecule has 5 heteroatoms. The summed E-state index contributed by atoms with van der Waals surface area (Å²) in [6.07, 6.45) is 1.50. The van der Waals surface area contributed by atoms with Crippen LogP contribution in [0.1, 0.15) is 18.1 Å². The molecule has 0 aliphatic carbocycles. The first-order valence-corrected chi connectivity index (χ1v) is 6.35. The highest BCUT2D eigenvalue weighted by Crippen LogP contribution is 2.10. The summed E-state index contributed by atoms with van der Waals surface area (Å²) >= 11 is 0. The Kier molecular flexibility index (Phi) is 6.29. The number of carboxylic acid groups (broad SMARTS) is 1. The smallest absolute Gasteiger partial charge is 0.407 e. The van der Waals surface area contributed by atoms with E-state index < -0.39 is 18.0 Å². The second-order valence-corrected chi connectivity index (χ2v) is 4.50. The molecule has 2 N–H and O–H groups in total. The number of benzene rings is 1. The van der Waals surface area contributed by atoms with E-state index in [4.69, 9.17) is 9.84 Å². The van der Waals surface area contributed by atoms with Crippen LogP contribution in [0.15, 0.2) is 36.9 Å². The lowest BCUT2D eigenvalue weighted by Gasteiger charge is -2.08.